The molecule has 8 heteroatoms. The van der Waals surface area contributed by atoms with E-state index in [-0.39, 0.29) is 17.3 Å². The van der Waals surface area contributed by atoms with Gasteiger partial charge in [-0.1, -0.05) is 32.0 Å². The van der Waals surface area contributed by atoms with Crippen LogP contribution in [0.4, 0.5) is 5.69 Å². The second kappa shape index (κ2) is 10.8. The Morgan fingerprint density at radius 3 is 2.44 bits per heavy atom. The topological polar surface area (TPSA) is 93.1 Å². The summed E-state index contributed by atoms with van der Waals surface area (Å²) in [5, 5.41) is 13.1. The van der Waals surface area contributed by atoms with Gasteiger partial charge in [-0.3, -0.25) is 14.5 Å². The van der Waals surface area contributed by atoms with Crippen LogP contribution in [0.2, 0.25) is 0 Å². The van der Waals surface area contributed by atoms with E-state index in [0.29, 0.717) is 35.8 Å². The van der Waals surface area contributed by atoms with E-state index in [9.17, 15) is 19.5 Å². The van der Waals surface area contributed by atoms with Crippen LogP contribution in [0, 0.1) is 5.92 Å². The van der Waals surface area contributed by atoms with Crippen LogP contribution in [-0.2, 0) is 14.3 Å². The fourth-order valence-corrected chi connectivity index (χ4v) is 4.78. The predicted octanol–water partition coefficient (Wildman–Crippen LogP) is 5.59. The van der Waals surface area contributed by atoms with E-state index in [1.807, 2.05) is 38.3 Å². The maximum atomic E-state index is 13.2. The molecule has 2 heterocycles. The van der Waals surface area contributed by atoms with Gasteiger partial charge in [-0.25, -0.2) is 4.79 Å². The number of hydrogen-bond donors (Lipinski definition) is 1. The third kappa shape index (κ3) is 5.04. The molecule has 1 aliphatic rings. The number of ether oxygens (including phenoxy) is 2. The van der Waals surface area contributed by atoms with Crippen molar-refractivity contribution in [2.24, 2.45) is 5.92 Å². The number of ketones is 1. The van der Waals surface area contributed by atoms with Gasteiger partial charge in [0, 0.05) is 16.1 Å². The molecule has 0 aliphatic carbocycles. The lowest BCUT2D eigenvalue weighted by Crippen LogP contribution is -2.29. The Hall–Kier alpha value is -3.91. The first kappa shape index (κ1) is 25.2. The maximum Gasteiger partial charge on any atom is 0.338 e. The van der Waals surface area contributed by atoms with E-state index >= 15 is 0 Å². The molecule has 1 amide bonds. The Balaban J connectivity index is 1.75. The molecule has 0 spiro atoms. The number of Topliss-reactive ketones (excluding diaryl/α,β-unsaturated/α-hetero) is 1. The molecule has 0 saturated carbocycles. The van der Waals surface area contributed by atoms with Gasteiger partial charge in [0.25, 0.3) is 11.7 Å². The molecule has 1 unspecified atom stereocenters. The number of benzene rings is 2. The Bertz CT molecular complexity index is 1290. The zero-order chi connectivity index (χ0) is 25.8. The highest BCUT2D eigenvalue weighted by Crippen LogP contribution is 2.43. The van der Waals surface area contributed by atoms with Crippen LogP contribution in [0.25, 0.3) is 5.76 Å². The first-order valence-corrected chi connectivity index (χ1v) is 12.5. The molecule has 36 heavy (non-hydrogen) atoms. The number of amides is 1. The molecule has 186 valence electrons. The Morgan fingerprint density at radius 2 is 1.81 bits per heavy atom. The van der Waals surface area contributed by atoms with Crippen LogP contribution in [0.1, 0.15) is 47.6 Å². The average Bonchev–Trinajstić information content (AvgIpc) is 3.49. The summed E-state index contributed by atoms with van der Waals surface area (Å²) in [6.07, 6.45) is 0. The lowest BCUT2D eigenvalue weighted by Gasteiger charge is -2.24. The summed E-state index contributed by atoms with van der Waals surface area (Å²) in [7, 11) is 0. The van der Waals surface area contributed by atoms with Crippen LogP contribution in [0.15, 0.2) is 71.6 Å². The summed E-state index contributed by atoms with van der Waals surface area (Å²) < 4.78 is 10.8. The van der Waals surface area contributed by atoms with Crippen LogP contribution in [0.5, 0.6) is 5.75 Å². The smallest absolute Gasteiger partial charge is 0.338 e. The van der Waals surface area contributed by atoms with Crippen molar-refractivity contribution >= 4 is 40.4 Å². The fourth-order valence-electron chi connectivity index (χ4n) is 3.95. The number of thiophene rings is 1. The zero-order valence-electron chi connectivity index (χ0n) is 20.3. The van der Waals surface area contributed by atoms with Gasteiger partial charge in [-0.2, -0.15) is 0 Å². The van der Waals surface area contributed by atoms with Crippen LogP contribution in [-0.4, -0.2) is 36.0 Å². The largest absolute Gasteiger partial charge is 0.507 e. The summed E-state index contributed by atoms with van der Waals surface area (Å²) in [5.74, 6) is -1.52. The normalized spacial score (nSPS) is 17.0. The summed E-state index contributed by atoms with van der Waals surface area (Å²) >= 11 is 1.38. The highest BCUT2D eigenvalue weighted by Gasteiger charge is 2.47. The molecule has 1 aliphatic heterocycles. The molecule has 1 fully saturated rings. The molecule has 1 aromatic heterocycles. The highest BCUT2D eigenvalue weighted by atomic mass is 32.1. The van der Waals surface area contributed by atoms with E-state index in [2.05, 4.69) is 0 Å². The SMILES string of the molecule is CCOc1cccc(/C(O)=C2/C(=O)C(=O)N(c3ccc(C(=O)OCC(C)C)cc3)C2c2cccs2)c1. The number of hydrogen-bond acceptors (Lipinski definition) is 7. The summed E-state index contributed by atoms with van der Waals surface area (Å²) in [5.41, 5.74) is 1.15. The van der Waals surface area contributed by atoms with Crippen LogP contribution < -0.4 is 9.64 Å². The van der Waals surface area contributed by atoms with E-state index < -0.39 is 23.7 Å². The monoisotopic (exact) mass is 505 g/mol. The number of rotatable bonds is 8. The van der Waals surface area contributed by atoms with Crippen molar-refractivity contribution in [3.63, 3.8) is 0 Å². The fraction of sp³-hybridized carbons (Fsp3) is 0.250. The predicted molar refractivity (Wildman–Crippen MR) is 138 cm³/mol. The van der Waals surface area contributed by atoms with Crippen molar-refractivity contribution in [1.82, 2.24) is 0 Å². The van der Waals surface area contributed by atoms with Crippen molar-refractivity contribution in [3.05, 3.63) is 87.6 Å². The molecular weight excluding hydrogens is 478 g/mol. The molecule has 4 rings (SSSR count). The molecule has 1 atom stereocenters. The third-order valence-corrected chi connectivity index (χ3v) is 6.53. The molecule has 3 aromatic rings. The molecule has 1 N–H and O–H groups in total. The molecular formula is C28H27NO6S. The van der Waals surface area contributed by atoms with Crippen LogP contribution >= 0.6 is 11.3 Å². The van der Waals surface area contributed by atoms with Gasteiger partial charge in [0.05, 0.1) is 24.4 Å². The third-order valence-electron chi connectivity index (χ3n) is 5.60. The van der Waals surface area contributed by atoms with Crippen molar-refractivity contribution in [3.8, 4) is 5.75 Å². The lowest BCUT2D eigenvalue weighted by atomic mass is 9.99. The van der Waals surface area contributed by atoms with Gasteiger partial charge in [0.15, 0.2) is 0 Å². The van der Waals surface area contributed by atoms with Crippen molar-refractivity contribution in [1.29, 1.82) is 0 Å². The Kier molecular flexibility index (Phi) is 7.55. The zero-order valence-corrected chi connectivity index (χ0v) is 21.1. The minimum atomic E-state index is -0.820. The number of carbonyl (C=O) groups excluding carboxylic acids is 3. The van der Waals surface area contributed by atoms with Crippen molar-refractivity contribution < 1.29 is 29.0 Å². The second-order valence-electron chi connectivity index (χ2n) is 8.68. The van der Waals surface area contributed by atoms with Gasteiger partial charge in [-0.05, 0) is 60.7 Å². The number of carbonyl (C=O) groups is 3. The van der Waals surface area contributed by atoms with Gasteiger partial charge >= 0.3 is 5.97 Å². The quantitative estimate of drug-likeness (QED) is 0.186. The highest BCUT2D eigenvalue weighted by molar-refractivity contribution is 7.10. The number of anilines is 1. The number of aliphatic hydroxyl groups is 1. The molecule has 0 radical (unpaired) electrons. The van der Waals surface area contributed by atoms with Gasteiger partial charge in [0.2, 0.25) is 0 Å². The molecule has 1 saturated heterocycles. The summed E-state index contributed by atoms with van der Waals surface area (Å²) in [6.45, 7) is 6.50. The molecule has 2 aromatic carbocycles. The average molecular weight is 506 g/mol. The molecule has 7 nitrogen and oxygen atoms in total. The Labute approximate surface area is 213 Å². The lowest BCUT2D eigenvalue weighted by molar-refractivity contribution is -0.132. The van der Waals surface area contributed by atoms with Gasteiger partial charge in [-0.15, -0.1) is 11.3 Å². The van der Waals surface area contributed by atoms with E-state index in [1.54, 1.807) is 48.5 Å². The van der Waals surface area contributed by atoms with Gasteiger partial charge < -0.3 is 14.6 Å². The van der Waals surface area contributed by atoms with Crippen molar-refractivity contribution in [2.75, 3.05) is 18.1 Å². The van der Waals surface area contributed by atoms with Gasteiger partial charge in [0.1, 0.15) is 17.6 Å². The Morgan fingerprint density at radius 1 is 1.06 bits per heavy atom. The minimum absolute atomic E-state index is 0.00322. The standard InChI is InChI=1S/C28H27NO6S/c1-4-34-21-8-5-7-19(15-21)25(30)23-24(22-9-6-14-36-22)29(27(32)26(23)31)20-12-10-18(11-13-20)28(33)35-16-17(2)3/h5-15,17,24,30H,4,16H2,1-3H3/b25-23-. The minimum Gasteiger partial charge on any atom is -0.507 e. The molecule has 0 bridgehead atoms. The maximum absolute atomic E-state index is 13.2. The van der Waals surface area contributed by atoms with E-state index in [1.165, 1.54) is 16.2 Å². The van der Waals surface area contributed by atoms with E-state index in [4.69, 9.17) is 9.47 Å². The first-order chi connectivity index (χ1) is 17.3. The van der Waals surface area contributed by atoms with Crippen LogP contribution in [0.3, 0.4) is 0 Å². The number of aliphatic hydroxyl groups excluding tert-OH is 1. The second-order valence-corrected chi connectivity index (χ2v) is 9.66. The van der Waals surface area contributed by atoms with E-state index in [0.717, 1.165) is 4.88 Å². The number of esters is 1. The summed E-state index contributed by atoms with van der Waals surface area (Å²) in [6, 6.07) is 15.9. The number of nitrogens with zero attached hydrogens (tertiary/aromatic N) is 1. The summed E-state index contributed by atoms with van der Waals surface area (Å²) in [4.78, 5) is 40.9. The first-order valence-electron chi connectivity index (χ1n) is 11.7. The van der Waals surface area contributed by atoms with Crippen molar-refractivity contribution in [2.45, 2.75) is 26.8 Å².